The van der Waals surface area contributed by atoms with Gasteiger partial charge in [0.15, 0.2) is 0 Å². The number of aromatic hydroxyl groups is 2. The summed E-state index contributed by atoms with van der Waals surface area (Å²) in [6.45, 7) is 3.44. The largest absolute Gasteiger partial charge is 0.508 e. The quantitative estimate of drug-likeness (QED) is 0.460. The molecule has 1 heterocycles. The van der Waals surface area contributed by atoms with Gasteiger partial charge in [-0.3, -0.25) is 9.69 Å². The summed E-state index contributed by atoms with van der Waals surface area (Å²) < 4.78 is 26.9. The van der Waals surface area contributed by atoms with Crippen molar-refractivity contribution in [2.75, 3.05) is 32.7 Å². The molecule has 0 aliphatic carbocycles. The number of phenolic OH excluding ortho intramolecular Hbond substituents is 2. The van der Waals surface area contributed by atoms with Crippen LogP contribution in [0.4, 0.5) is 0 Å². The molecule has 1 aliphatic heterocycles. The molecule has 30 heavy (non-hydrogen) atoms. The number of carbonyl (C=O) groups excluding carboxylic acids is 1. The topological polar surface area (TPSA) is 123 Å². The smallest absolute Gasteiger partial charge is 0.254 e. The lowest BCUT2D eigenvalue weighted by atomic mass is 10.2. The third kappa shape index (κ3) is 5.35. The summed E-state index contributed by atoms with van der Waals surface area (Å²) in [5.41, 5.74) is 3.72. The van der Waals surface area contributed by atoms with Crippen molar-refractivity contribution in [2.45, 2.75) is 11.8 Å². The molecule has 160 valence electrons. The third-order valence-electron chi connectivity index (χ3n) is 4.76. The molecule has 0 bridgehead atoms. The molecule has 0 saturated carbocycles. The van der Waals surface area contributed by atoms with Crippen LogP contribution in [0.3, 0.4) is 0 Å². The Morgan fingerprint density at radius 3 is 2.40 bits per heavy atom. The molecular weight excluding hydrogens is 408 g/mol. The van der Waals surface area contributed by atoms with Gasteiger partial charge in [-0.15, -0.1) is 0 Å². The number of phenols is 2. The lowest BCUT2D eigenvalue weighted by molar-refractivity contribution is -0.122. The van der Waals surface area contributed by atoms with Crippen LogP contribution in [0.15, 0.2) is 52.5 Å². The molecule has 0 radical (unpaired) electrons. The molecule has 1 fully saturated rings. The molecule has 1 amide bonds. The van der Waals surface area contributed by atoms with E-state index >= 15 is 0 Å². The second kappa shape index (κ2) is 9.24. The molecule has 3 rings (SSSR count). The van der Waals surface area contributed by atoms with Crippen LogP contribution >= 0.6 is 0 Å². The fraction of sp³-hybridized carbons (Fsp3) is 0.300. The number of sulfonamides is 1. The first-order chi connectivity index (χ1) is 14.3. The van der Waals surface area contributed by atoms with Crippen molar-refractivity contribution in [3.8, 4) is 11.5 Å². The molecule has 0 unspecified atom stereocenters. The molecule has 0 aromatic heterocycles. The number of carbonyl (C=O) groups is 1. The van der Waals surface area contributed by atoms with Gasteiger partial charge in [0, 0.05) is 37.8 Å². The molecule has 9 nitrogen and oxygen atoms in total. The highest BCUT2D eigenvalue weighted by Crippen LogP contribution is 2.21. The van der Waals surface area contributed by atoms with Crippen molar-refractivity contribution in [1.29, 1.82) is 0 Å². The van der Waals surface area contributed by atoms with Gasteiger partial charge in [0.25, 0.3) is 5.91 Å². The number of benzene rings is 2. The number of piperazine rings is 1. The highest BCUT2D eigenvalue weighted by molar-refractivity contribution is 7.89. The number of hydrogen-bond donors (Lipinski definition) is 3. The van der Waals surface area contributed by atoms with Crippen LogP contribution in [0.1, 0.15) is 11.1 Å². The van der Waals surface area contributed by atoms with Crippen molar-refractivity contribution in [1.82, 2.24) is 14.6 Å². The van der Waals surface area contributed by atoms with E-state index in [0.29, 0.717) is 31.7 Å². The maximum Gasteiger partial charge on any atom is 0.254 e. The highest BCUT2D eigenvalue weighted by atomic mass is 32.2. The lowest BCUT2D eigenvalue weighted by Crippen LogP contribution is -2.50. The van der Waals surface area contributed by atoms with Crippen molar-refractivity contribution in [2.24, 2.45) is 5.10 Å². The second-order valence-electron chi connectivity index (χ2n) is 7.03. The molecule has 1 saturated heterocycles. The first kappa shape index (κ1) is 21.8. The van der Waals surface area contributed by atoms with Gasteiger partial charge in [-0.2, -0.15) is 9.41 Å². The summed E-state index contributed by atoms with van der Waals surface area (Å²) >= 11 is 0. The monoisotopic (exact) mass is 432 g/mol. The van der Waals surface area contributed by atoms with Gasteiger partial charge in [-0.1, -0.05) is 17.7 Å². The molecule has 0 spiro atoms. The van der Waals surface area contributed by atoms with E-state index in [9.17, 15) is 23.4 Å². The second-order valence-corrected chi connectivity index (χ2v) is 8.97. The molecule has 1 aliphatic rings. The van der Waals surface area contributed by atoms with E-state index in [1.807, 2.05) is 11.8 Å². The predicted molar refractivity (Wildman–Crippen MR) is 112 cm³/mol. The number of rotatable bonds is 6. The highest BCUT2D eigenvalue weighted by Gasteiger charge is 2.28. The Kier molecular flexibility index (Phi) is 6.70. The van der Waals surface area contributed by atoms with Gasteiger partial charge in [-0.25, -0.2) is 13.8 Å². The number of hydrazone groups is 1. The summed E-state index contributed by atoms with van der Waals surface area (Å²) in [4.78, 5) is 14.2. The fourth-order valence-corrected chi connectivity index (χ4v) is 4.46. The Morgan fingerprint density at radius 1 is 1.10 bits per heavy atom. The van der Waals surface area contributed by atoms with E-state index in [2.05, 4.69) is 10.5 Å². The molecule has 0 atom stereocenters. The lowest BCUT2D eigenvalue weighted by Gasteiger charge is -2.33. The Labute approximate surface area is 175 Å². The minimum absolute atomic E-state index is 0.0720. The molecule has 3 N–H and O–H groups in total. The van der Waals surface area contributed by atoms with E-state index in [0.717, 1.165) is 5.56 Å². The first-order valence-electron chi connectivity index (χ1n) is 9.39. The van der Waals surface area contributed by atoms with Gasteiger partial charge >= 0.3 is 0 Å². The normalized spacial score (nSPS) is 16.0. The van der Waals surface area contributed by atoms with Crippen molar-refractivity contribution >= 4 is 22.1 Å². The van der Waals surface area contributed by atoms with Crippen LogP contribution in [0, 0.1) is 6.92 Å². The maximum absolute atomic E-state index is 12.7. The van der Waals surface area contributed by atoms with Crippen LogP contribution in [0.5, 0.6) is 11.5 Å². The summed E-state index contributed by atoms with van der Waals surface area (Å²) in [7, 11) is -3.54. The summed E-state index contributed by atoms with van der Waals surface area (Å²) in [6, 6.07) is 10.8. The summed E-state index contributed by atoms with van der Waals surface area (Å²) in [5.74, 6) is -0.574. The van der Waals surface area contributed by atoms with Gasteiger partial charge in [0.2, 0.25) is 10.0 Å². The number of nitrogens with one attached hydrogen (secondary N) is 1. The minimum Gasteiger partial charge on any atom is -0.508 e. The van der Waals surface area contributed by atoms with E-state index in [-0.39, 0.29) is 28.8 Å². The van der Waals surface area contributed by atoms with E-state index in [1.165, 1.54) is 28.7 Å². The maximum atomic E-state index is 12.7. The van der Waals surface area contributed by atoms with Crippen LogP contribution in [0.25, 0.3) is 0 Å². The Hall–Kier alpha value is -2.95. The van der Waals surface area contributed by atoms with Crippen LogP contribution < -0.4 is 5.43 Å². The van der Waals surface area contributed by atoms with Gasteiger partial charge in [0.05, 0.1) is 17.7 Å². The zero-order chi connectivity index (χ0) is 21.7. The molecule has 10 heteroatoms. The Balaban J connectivity index is 1.48. The fourth-order valence-electron chi connectivity index (χ4n) is 3.04. The summed E-state index contributed by atoms with van der Waals surface area (Å²) in [5, 5.41) is 22.7. The first-order valence-corrected chi connectivity index (χ1v) is 10.8. The van der Waals surface area contributed by atoms with Crippen LogP contribution in [-0.4, -0.2) is 72.7 Å². The van der Waals surface area contributed by atoms with Gasteiger partial charge in [-0.05, 0) is 31.2 Å². The average molecular weight is 433 g/mol. The van der Waals surface area contributed by atoms with Crippen molar-refractivity contribution in [3.63, 3.8) is 0 Å². The molecular formula is C20H24N4O5S. The number of nitrogens with zero attached hydrogens (tertiary/aromatic N) is 3. The standard InChI is InChI=1S/C20H24N4O5S/c1-15-2-6-18(7-3-15)30(28,29)24-10-8-23(9-11-24)14-20(27)22-21-13-16-4-5-17(25)12-19(16)26/h2-7,12-13,25-26H,8-11,14H2,1H3,(H,22,27). The predicted octanol–water partition coefficient (Wildman–Crippen LogP) is 0.863. The van der Waals surface area contributed by atoms with E-state index in [4.69, 9.17) is 0 Å². The van der Waals surface area contributed by atoms with Crippen molar-refractivity contribution in [3.05, 3.63) is 53.6 Å². The van der Waals surface area contributed by atoms with E-state index in [1.54, 1.807) is 24.3 Å². The van der Waals surface area contributed by atoms with Gasteiger partial charge < -0.3 is 10.2 Å². The summed E-state index contributed by atoms with van der Waals surface area (Å²) in [6.07, 6.45) is 1.28. The Morgan fingerprint density at radius 2 is 1.77 bits per heavy atom. The zero-order valence-electron chi connectivity index (χ0n) is 16.5. The Bertz CT molecular complexity index is 1030. The van der Waals surface area contributed by atoms with E-state index < -0.39 is 10.0 Å². The average Bonchev–Trinajstić information content (AvgIpc) is 2.70. The minimum atomic E-state index is -3.54. The van der Waals surface area contributed by atoms with Crippen LogP contribution in [-0.2, 0) is 14.8 Å². The molecule has 2 aromatic rings. The molecule has 2 aromatic carbocycles. The van der Waals surface area contributed by atoms with Crippen molar-refractivity contribution < 1.29 is 23.4 Å². The van der Waals surface area contributed by atoms with Gasteiger partial charge in [0.1, 0.15) is 11.5 Å². The number of hydrogen-bond acceptors (Lipinski definition) is 7. The number of aryl methyl sites for hydroxylation is 1. The SMILES string of the molecule is Cc1ccc(S(=O)(=O)N2CCN(CC(=O)NN=Cc3ccc(O)cc3O)CC2)cc1. The zero-order valence-corrected chi connectivity index (χ0v) is 17.3. The number of amides is 1. The van der Waals surface area contributed by atoms with Crippen LogP contribution in [0.2, 0.25) is 0 Å². The third-order valence-corrected chi connectivity index (χ3v) is 6.68.